The normalized spacial score (nSPS) is 11.7. The molecule has 184 valence electrons. The fourth-order valence-electron chi connectivity index (χ4n) is 2.97. The first kappa shape index (κ1) is 25.4. The maximum absolute atomic E-state index is 13.6. The van der Waals surface area contributed by atoms with Crippen LogP contribution in [-0.2, 0) is 12.4 Å². The van der Waals surface area contributed by atoms with Crippen molar-refractivity contribution in [3.05, 3.63) is 82.4 Å². The maximum Gasteiger partial charge on any atom is 0.418 e. The number of rotatable bonds is 4. The molecule has 3 aromatic carbocycles. The molecule has 0 amide bonds. The van der Waals surface area contributed by atoms with E-state index in [1.165, 1.54) is 18.2 Å². The van der Waals surface area contributed by atoms with E-state index in [4.69, 9.17) is 20.9 Å². The first-order chi connectivity index (χ1) is 16.2. The first-order valence-electron chi connectivity index (χ1n) is 9.65. The smallest absolute Gasteiger partial charge is 0.418 e. The van der Waals surface area contributed by atoms with Crippen molar-refractivity contribution in [3.63, 3.8) is 0 Å². The fourth-order valence-corrected chi connectivity index (χ4v) is 2.97. The molecule has 6 nitrogen and oxygen atoms in total. The van der Waals surface area contributed by atoms with Crippen molar-refractivity contribution in [3.8, 4) is 11.5 Å². The number of benzene rings is 3. The number of alkyl halides is 6. The molecule has 0 spiro atoms. The molecule has 0 saturated carbocycles. The average Bonchev–Trinajstić information content (AvgIpc) is 2.75. The first-order valence-corrected chi connectivity index (χ1v) is 9.65. The lowest BCUT2D eigenvalue weighted by atomic mass is 10.1. The summed E-state index contributed by atoms with van der Waals surface area (Å²) in [5.41, 5.74) is 7.38. The minimum absolute atomic E-state index is 0.0255. The van der Waals surface area contributed by atoms with E-state index in [1.54, 1.807) is 6.92 Å². The number of nitrogens with two attached hydrogens (primary N) is 2. The Morgan fingerprint density at radius 2 is 1.20 bits per heavy atom. The summed E-state index contributed by atoms with van der Waals surface area (Å²) < 4.78 is 89.6. The predicted octanol–water partition coefficient (Wildman–Crippen LogP) is 5.64. The lowest BCUT2D eigenvalue weighted by Crippen LogP contribution is -2.18. The van der Waals surface area contributed by atoms with Gasteiger partial charge in [-0.1, -0.05) is 0 Å². The van der Waals surface area contributed by atoms with Crippen LogP contribution in [0.4, 0.5) is 37.7 Å². The highest BCUT2D eigenvalue weighted by Crippen LogP contribution is 2.37. The highest BCUT2D eigenvalue weighted by Gasteiger charge is 2.37. The molecule has 35 heavy (non-hydrogen) atoms. The molecule has 3 rings (SSSR count). The lowest BCUT2D eigenvalue weighted by molar-refractivity contribution is -0.138. The number of nitrogen functional groups attached to an aromatic ring is 2. The van der Waals surface area contributed by atoms with Gasteiger partial charge in [-0.05, 0) is 67.1 Å². The van der Waals surface area contributed by atoms with Crippen molar-refractivity contribution >= 4 is 23.3 Å². The predicted molar refractivity (Wildman–Crippen MR) is 113 cm³/mol. The summed E-state index contributed by atoms with van der Waals surface area (Å²) in [4.78, 5) is 24.7. The van der Waals surface area contributed by atoms with Crippen molar-refractivity contribution in [2.24, 2.45) is 0 Å². The van der Waals surface area contributed by atoms with Gasteiger partial charge in [0, 0.05) is 11.4 Å². The Morgan fingerprint density at radius 1 is 0.686 bits per heavy atom. The molecule has 4 N–H and O–H groups in total. The van der Waals surface area contributed by atoms with Crippen LogP contribution in [0.25, 0.3) is 0 Å². The molecule has 12 heteroatoms. The summed E-state index contributed by atoms with van der Waals surface area (Å²) in [5, 5.41) is 0. The molecule has 3 aromatic rings. The highest BCUT2D eigenvalue weighted by atomic mass is 19.4. The summed E-state index contributed by atoms with van der Waals surface area (Å²) in [6.45, 7) is 1.62. The third-order valence-corrected chi connectivity index (χ3v) is 4.77. The van der Waals surface area contributed by atoms with Crippen LogP contribution in [-0.4, -0.2) is 11.9 Å². The van der Waals surface area contributed by atoms with E-state index in [1.807, 2.05) is 0 Å². The second-order valence-corrected chi connectivity index (χ2v) is 7.30. The summed E-state index contributed by atoms with van der Waals surface area (Å²) in [6, 6.07) is 8.24. The molecular weight excluding hydrogens is 482 g/mol. The Bertz CT molecular complexity index is 1300. The standard InChI is InChI=1S/C23H16F6N2O4/c1-11-8-12(2-6-18(11)30)20(32)34-13-3-5-15(16(9-13)22(24,25)26)21(33)35-14-4-7-19(31)17(10-14)23(27,28)29/h2-10H,30-31H2,1H3. The minimum Gasteiger partial charge on any atom is -0.423 e. The van der Waals surface area contributed by atoms with E-state index in [0.717, 1.165) is 18.2 Å². The van der Waals surface area contributed by atoms with Crippen LogP contribution in [0.3, 0.4) is 0 Å². The van der Waals surface area contributed by atoms with Gasteiger partial charge in [-0.15, -0.1) is 0 Å². The number of anilines is 2. The van der Waals surface area contributed by atoms with Crippen molar-refractivity contribution in [1.29, 1.82) is 0 Å². The van der Waals surface area contributed by atoms with E-state index in [-0.39, 0.29) is 5.56 Å². The Hall–Kier alpha value is -4.22. The number of carbonyl (C=O) groups excluding carboxylic acids is 2. The van der Waals surface area contributed by atoms with Crippen LogP contribution in [0.5, 0.6) is 11.5 Å². The van der Waals surface area contributed by atoms with Crippen LogP contribution >= 0.6 is 0 Å². The quantitative estimate of drug-likeness (QED) is 0.209. The van der Waals surface area contributed by atoms with Gasteiger partial charge >= 0.3 is 24.3 Å². The molecule has 0 atom stereocenters. The third kappa shape index (κ3) is 5.83. The van der Waals surface area contributed by atoms with Gasteiger partial charge in [-0.25, -0.2) is 9.59 Å². The zero-order chi connectivity index (χ0) is 26.1. The van der Waals surface area contributed by atoms with Gasteiger partial charge in [0.25, 0.3) is 0 Å². The van der Waals surface area contributed by atoms with Crippen molar-refractivity contribution < 1.29 is 45.4 Å². The van der Waals surface area contributed by atoms with Gasteiger partial charge in [0.05, 0.1) is 22.3 Å². The monoisotopic (exact) mass is 498 g/mol. The number of esters is 2. The van der Waals surface area contributed by atoms with E-state index in [0.29, 0.717) is 29.4 Å². The number of aryl methyl sites for hydroxylation is 1. The number of carbonyl (C=O) groups is 2. The zero-order valence-electron chi connectivity index (χ0n) is 17.8. The summed E-state index contributed by atoms with van der Waals surface area (Å²) in [5.74, 6) is -3.75. The summed E-state index contributed by atoms with van der Waals surface area (Å²) in [6.07, 6.45) is -9.97. The molecule has 0 unspecified atom stereocenters. The van der Waals surface area contributed by atoms with Crippen LogP contribution in [0.15, 0.2) is 54.6 Å². The number of halogens is 6. The van der Waals surface area contributed by atoms with Crippen LogP contribution in [0.1, 0.15) is 37.4 Å². The Kier molecular flexibility index (Phi) is 6.68. The van der Waals surface area contributed by atoms with Crippen molar-refractivity contribution in [2.75, 3.05) is 11.5 Å². The molecule has 0 aliphatic carbocycles. The zero-order valence-corrected chi connectivity index (χ0v) is 17.8. The second kappa shape index (κ2) is 9.20. The molecular formula is C23H16F6N2O4. The number of hydrogen-bond acceptors (Lipinski definition) is 6. The summed E-state index contributed by atoms with van der Waals surface area (Å²) >= 11 is 0. The fraction of sp³-hybridized carbons (Fsp3) is 0.130. The van der Waals surface area contributed by atoms with Crippen molar-refractivity contribution in [1.82, 2.24) is 0 Å². The minimum atomic E-state index is -5.09. The Morgan fingerprint density at radius 3 is 1.77 bits per heavy atom. The molecule has 0 aromatic heterocycles. The van der Waals surface area contributed by atoms with Gasteiger partial charge < -0.3 is 20.9 Å². The van der Waals surface area contributed by atoms with Gasteiger partial charge in [-0.2, -0.15) is 26.3 Å². The van der Waals surface area contributed by atoms with E-state index >= 15 is 0 Å². The van der Waals surface area contributed by atoms with Crippen LogP contribution in [0, 0.1) is 6.92 Å². The van der Waals surface area contributed by atoms with Gasteiger partial charge in [0.15, 0.2) is 0 Å². The third-order valence-electron chi connectivity index (χ3n) is 4.77. The highest BCUT2D eigenvalue weighted by molar-refractivity contribution is 5.94. The molecule has 0 aliphatic rings. The van der Waals surface area contributed by atoms with E-state index in [2.05, 4.69) is 0 Å². The lowest BCUT2D eigenvalue weighted by Gasteiger charge is -2.15. The topological polar surface area (TPSA) is 105 Å². The SMILES string of the molecule is Cc1cc(C(=O)Oc2ccc(C(=O)Oc3ccc(N)c(C(F)(F)F)c3)c(C(F)(F)F)c2)ccc1N. The van der Waals surface area contributed by atoms with Crippen LogP contribution in [0.2, 0.25) is 0 Å². The molecule has 0 fully saturated rings. The van der Waals surface area contributed by atoms with Crippen LogP contribution < -0.4 is 20.9 Å². The molecule has 0 bridgehead atoms. The summed E-state index contributed by atoms with van der Waals surface area (Å²) in [7, 11) is 0. The van der Waals surface area contributed by atoms with E-state index < -0.39 is 58.2 Å². The second-order valence-electron chi connectivity index (χ2n) is 7.30. The molecule has 0 heterocycles. The van der Waals surface area contributed by atoms with Gasteiger partial charge in [-0.3, -0.25) is 0 Å². The molecule has 0 radical (unpaired) electrons. The van der Waals surface area contributed by atoms with Gasteiger partial charge in [0.1, 0.15) is 11.5 Å². The number of ether oxygens (including phenoxy) is 2. The maximum atomic E-state index is 13.6. The molecule has 0 saturated heterocycles. The van der Waals surface area contributed by atoms with Gasteiger partial charge in [0.2, 0.25) is 0 Å². The van der Waals surface area contributed by atoms with E-state index in [9.17, 15) is 35.9 Å². The average molecular weight is 498 g/mol. The largest absolute Gasteiger partial charge is 0.423 e. The Labute approximate surface area is 194 Å². The number of hydrogen-bond donors (Lipinski definition) is 2. The van der Waals surface area contributed by atoms with Crippen molar-refractivity contribution in [2.45, 2.75) is 19.3 Å². The molecule has 0 aliphatic heterocycles. The Balaban J connectivity index is 1.90.